The molecule has 0 aliphatic heterocycles. The zero-order valence-corrected chi connectivity index (χ0v) is 18.5. The van der Waals surface area contributed by atoms with Gasteiger partial charge in [0.1, 0.15) is 5.69 Å². The topological polar surface area (TPSA) is 72.2 Å². The van der Waals surface area contributed by atoms with Crippen LogP contribution in [0.1, 0.15) is 31.4 Å². The molecule has 3 aromatic carbocycles. The Kier molecular flexibility index (Phi) is 7.33. The molecule has 1 N–H and O–H groups in total. The number of carbonyl (C=O) groups excluding carboxylic acids is 1. The number of allylic oxidation sites excluding steroid dienone is 1. The van der Waals surface area contributed by atoms with Crippen LogP contribution in [0.3, 0.4) is 0 Å². The van der Waals surface area contributed by atoms with E-state index in [1.807, 2.05) is 5.32 Å². The molecule has 0 radical (unpaired) electrons. The van der Waals surface area contributed by atoms with Gasteiger partial charge in [-0.1, -0.05) is 62.4 Å². The zero-order chi connectivity index (χ0) is 25.9. The van der Waals surface area contributed by atoms with Crippen molar-refractivity contribution in [1.29, 1.82) is 0 Å². The molecule has 0 spiro atoms. The van der Waals surface area contributed by atoms with Crippen LogP contribution in [-0.2, 0) is 4.79 Å². The Morgan fingerprint density at radius 1 is 0.914 bits per heavy atom. The number of nitrogens with one attached hydrogen (secondary N) is 1. The fraction of sp³-hybridized carbons (Fsp3) is 0.160. The summed E-state index contributed by atoms with van der Waals surface area (Å²) in [5, 5.41) is 12.9. The lowest BCUT2D eigenvalue weighted by atomic mass is 9.81. The smallest absolute Gasteiger partial charge is 0.270 e. The molecule has 10 heteroatoms. The Bertz CT molecular complexity index is 1300. The summed E-state index contributed by atoms with van der Waals surface area (Å²) in [6.45, 7) is 2.86. The number of nitro groups is 1. The van der Waals surface area contributed by atoms with Gasteiger partial charge in [-0.2, -0.15) is 0 Å². The highest BCUT2D eigenvalue weighted by Gasteiger charge is 2.33. The first-order valence-electron chi connectivity index (χ1n) is 10.3. The first-order valence-corrected chi connectivity index (χ1v) is 10.3. The van der Waals surface area contributed by atoms with Crippen LogP contribution >= 0.6 is 0 Å². The monoisotopic (exact) mass is 490 g/mol. The first kappa shape index (κ1) is 25.5. The van der Waals surface area contributed by atoms with Crippen LogP contribution in [0.5, 0.6) is 0 Å². The van der Waals surface area contributed by atoms with Gasteiger partial charge in [0.25, 0.3) is 5.69 Å². The van der Waals surface area contributed by atoms with Gasteiger partial charge in [0.05, 0.1) is 4.92 Å². The van der Waals surface area contributed by atoms with E-state index in [4.69, 9.17) is 0 Å². The third-order valence-corrected chi connectivity index (χ3v) is 5.26. The number of nitro benzene ring substituents is 1. The summed E-state index contributed by atoms with van der Waals surface area (Å²) >= 11 is 0. The number of rotatable bonds is 7. The minimum absolute atomic E-state index is 0.0407. The summed E-state index contributed by atoms with van der Waals surface area (Å²) in [7, 11) is 0. The summed E-state index contributed by atoms with van der Waals surface area (Å²) in [5.41, 5.74) is -1.31. The van der Waals surface area contributed by atoms with Crippen molar-refractivity contribution in [2.45, 2.75) is 20.3 Å². The van der Waals surface area contributed by atoms with E-state index >= 15 is 0 Å². The normalized spacial score (nSPS) is 11.9. The lowest BCUT2D eigenvalue weighted by molar-refractivity contribution is -0.384. The minimum atomic E-state index is -2.33. The van der Waals surface area contributed by atoms with Gasteiger partial charge in [-0.05, 0) is 23.1 Å². The van der Waals surface area contributed by atoms with E-state index in [1.165, 1.54) is 32.0 Å². The fourth-order valence-corrected chi connectivity index (χ4v) is 3.37. The summed E-state index contributed by atoms with van der Waals surface area (Å²) in [6.07, 6.45) is 1.58. The van der Waals surface area contributed by atoms with Crippen LogP contribution in [0.25, 0.3) is 11.6 Å². The molecule has 0 fully saturated rings. The van der Waals surface area contributed by atoms with Gasteiger partial charge in [-0.3, -0.25) is 14.9 Å². The molecule has 5 nitrogen and oxygen atoms in total. The van der Waals surface area contributed by atoms with Gasteiger partial charge < -0.3 is 5.32 Å². The number of halogens is 5. The van der Waals surface area contributed by atoms with Crippen molar-refractivity contribution in [1.82, 2.24) is 0 Å². The quantitative estimate of drug-likeness (QED) is 0.0980. The molecule has 3 aromatic rings. The Hall–Kier alpha value is -4.08. The largest absolute Gasteiger partial charge is 0.321 e. The molecule has 0 aromatic heterocycles. The number of benzene rings is 3. The van der Waals surface area contributed by atoms with E-state index in [1.54, 1.807) is 42.5 Å². The van der Waals surface area contributed by atoms with Crippen LogP contribution in [0.2, 0.25) is 0 Å². The van der Waals surface area contributed by atoms with Crippen molar-refractivity contribution < 1.29 is 31.7 Å². The van der Waals surface area contributed by atoms with Gasteiger partial charge in [0, 0.05) is 17.5 Å². The number of anilines is 1. The van der Waals surface area contributed by atoms with Crippen molar-refractivity contribution in [2.75, 3.05) is 5.32 Å². The van der Waals surface area contributed by atoms with Crippen molar-refractivity contribution in [3.63, 3.8) is 0 Å². The van der Waals surface area contributed by atoms with Gasteiger partial charge in [-0.15, -0.1) is 0 Å². The lowest BCUT2D eigenvalue weighted by Gasteiger charge is -2.26. The Balaban J connectivity index is 1.98. The molecule has 1 amide bonds. The number of hydrogen-bond donors (Lipinski definition) is 1. The molecule has 0 unspecified atom stereocenters. The predicted molar refractivity (Wildman–Crippen MR) is 121 cm³/mol. The van der Waals surface area contributed by atoms with Crippen molar-refractivity contribution in [3.05, 3.63) is 105 Å². The number of carbonyl (C=O) groups is 1. The van der Waals surface area contributed by atoms with E-state index < -0.39 is 51.0 Å². The second kappa shape index (κ2) is 10.0. The molecule has 0 bridgehead atoms. The van der Waals surface area contributed by atoms with E-state index in [0.29, 0.717) is 16.7 Å². The lowest BCUT2D eigenvalue weighted by Crippen LogP contribution is -2.32. The molecule has 3 rings (SSSR count). The predicted octanol–water partition coefficient (Wildman–Crippen LogP) is 6.89. The average Bonchev–Trinajstić information content (AvgIpc) is 2.84. The summed E-state index contributed by atoms with van der Waals surface area (Å²) < 4.78 is 68.5. The maximum atomic E-state index is 14.1. The van der Waals surface area contributed by atoms with Crippen molar-refractivity contribution in [2.24, 2.45) is 5.41 Å². The average molecular weight is 490 g/mol. The molecule has 35 heavy (non-hydrogen) atoms. The van der Waals surface area contributed by atoms with E-state index in [2.05, 4.69) is 0 Å². The van der Waals surface area contributed by atoms with Gasteiger partial charge in [0.15, 0.2) is 23.3 Å². The Morgan fingerprint density at radius 3 is 2.06 bits per heavy atom. The van der Waals surface area contributed by atoms with Crippen molar-refractivity contribution in [3.8, 4) is 0 Å². The molecule has 0 atom stereocenters. The minimum Gasteiger partial charge on any atom is -0.321 e. The molecule has 0 saturated carbocycles. The number of hydrogen-bond acceptors (Lipinski definition) is 3. The van der Waals surface area contributed by atoms with Crippen LogP contribution in [-0.4, -0.2) is 10.8 Å². The van der Waals surface area contributed by atoms with Crippen LogP contribution in [0, 0.1) is 44.6 Å². The highest BCUT2D eigenvalue weighted by molar-refractivity contribution is 5.97. The van der Waals surface area contributed by atoms with Crippen LogP contribution in [0.4, 0.5) is 33.3 Å². The highest BCUT2D eigenvalue weighted by atomic mass is 19.2. The molecule has 0 saturated heterocycles. The molecular weight excluding hydrogens is 471 g/mol. The number of amides is 1. The highest BCUT2D eigenvalue weighted by Crippen LogP contribution is 2.35. The molecule has 182 valence electrons. The van der Waals surface area contributed by atoms with Gasteiger partial charge in [0.2, 0.25) is 11.7 Å². The number of nitrogens with zero attached hydrogens (tertiary/aromatic N) is 1. The first-order chi connectivity index (χ1) is 16.4. The van der Waals surface area contributed by atoms with E-state index in [9.17, 15) is 36.9 Å². The Labute approximate surface area is 197 Å². The third kappa shape index (κ3) is 5.53. The standard InChI is InChI=1S/C25H19F5N2O3/c1-25(2,24(33)31-23-21(29)19(27)18(26)20(28)22(23)30)13-16(15-8-4-3-5-9-15)11-14-7-6-10-17(12-14)32(34)35/h3-12H,13H2,1-2H3,(H,31,33)/b16-11-. The van der Waals surface area contributed by atoms with Crippen LogP contribution in [0.15, 0.2) is 54.6 Å². The summed E-state index contributed by atoms with van der Waals surface area (Å²) in [6, 6.07) is 14.5. The molecular formula is C25H19F5N2O3. The maximum absolute atomic E-state index is 14.1. The third-order valence-electron chi connectivity index (χ3n) is 5.26. The van der Waals surface area contributed by atoms with E-state index in [-0.39, 0.29) is 12.1 Å². The second-order valence-corrected chi connectivity index (χ2v) is 8.35. The fourth-order valence-electron chi connectivity index (χ4n) is 3.37. The molecule has 0 aliphatic carbocycles. The molecule has 0 heterocycles. The van der Waals surface area contributed by atoms with E-state index in [0.717, 1.165) is 0 Å². The SMILES string of the molecule is CC(C)(C/C(=C/c1cccc([N+](=O)[O-])c1)c1ccccc1)C(=O)Nc1c(F)c(F)c(F)c(F)c1F. The summed E-state index contributed by atoms with van der Waals surface area (Å²) in [4.78, 5) is 23.5. The maximum Gasteiger partial charge on any atom is 0.270 e. The zero-order valence-electron chi connectivity index (χ0n) is 18.5. The van der Waals surface area contributed by atoms with Crippen molar-refractivity contribution >= 4 is 28.9 Å². The second-order valence-electron chi connectivity index (χ2n) is 8.35. The Morgan fingerprint density at radius 2 is 1.49 bits per heavy atom. The van der Waals surface area contributed by atoms with Gasteiger partial charge >= 0.3 is 0 Å². The van der Waals surface area contributed by atoms with Gasteiger partial charge in [-0.25, -0.2) is 22.0 Å². The summed E-state index contributed by atoms with van der Waals surface area (Å²) in [5.74, 6) is -12.0. The molecule has 0 aliphatic rings. The van der Waals surface area contributed by atoms with Crippen LogP contribution < -0.4 is 5.32 Å². The number of non-ortho nitro benzene ring substituents is 1.